The van der Waals surface area contributed by atoms with Crippen molar-refractivity contribution in [1.29, 1.82) is 0 Å². The van der Waals surface area contributed by atoms with Gasteiger partial charge in [0.1, 0.15) is 0 Å². The predicted molar refractivity (Wildman–Crippen MR) is 59.3 cm³/mol. The summed E-state index contributed by atoms with van der Waals surface area (Å²) in [5, 5.41) is 0. The first-order valence-electron chi connectivity index (χ1n) is 5.94. The van der Waals surface area contributed by atoms with E-state index in [1.807, 2.05) is 0 Å². The molecule has 0 amide bonds. The van der Waals surface area contributed by atoms with Gasteiger partial charge in [-0.2, -0.15) is 0 Å². The molecule has 2 N–H and O–H groups in total. The summed E-state index contributed by atoms with van der Waals surface area (Å²) in [5.74, 6) is 0.920. The Bertz CT molecular complexity index is 179. The fraction of sp³-hybridized carbons (Fsp3) is 1.00. The van der Waals surface area contributed by atoms with Crippen LogP contribution >= 0.6 is 0 Å². The van der Waals surface area contributed by atoms with Gasteiger partial charge in [-0.15, -0.1) is 0 Å². The summed E-state index contributed by atoms with van der Waals surface area (Å²) in [6.07, 6.45) is 4.13. The lowest BCUT2D eigenvalue weighted by Gasteiger charge is -2.29. The number of nitrogens with zero attached hydrogens (tertiary/aromatic N) is 2. The van der Waals surface area contributed by atoms with Gasteiger partial charge < -0.3 is 10.6 Å². The van der Waals surface area contributed by atoms with Crippen molar-refractivity contribution in [2.75, 3.05) is 39.8 Å². The summed E-state index contributed by atoms with van der Waals surface area (Å²) in [6.45, 7) is 5.79. The second-order valence-corrected chi connectivity index (χ2v) is 4.83. The largest absolute Gasteiger partial charge is 0.329 e. The lowest BCUT2D eigenvalue weighted by atomic mass is 10.1. The molecule has 0 bridgehead atoms. The average molecular weight is 197 g/mol. The lowest BCUT2D eigenvalue weighted by molar-refractivity contribution is 0.187. The van der Waals surface area contributed by atoms with Gasteiger partial charge >= 0.3 is 0 Å². The predicted octanol–water partition coefficient (Wildman–Crippen LogP) is 0.361. The van der Waals surface area contributed by atoms with Crippen LogP contribution in [0.5, 0.6) is 0 Å². The molecule has 0 aromatic carbocycles. The molecule has 82 valence electrons. The molecular formula is C11H23N3. The van der Waals surface area contributed by atoms with Gasteiger partial charge in [0.15, 0.2) is 0 Å². The molecule has 2 fully saturated rings. The molecule has 3 nitrogen and oxygen atoms in total. The topological polar surface area (TPSA) is 32.5 Å². The first-order chi connectivity index (χ1) is 6.81. The van der Waals surface area contributed by atoms with Gasteiger partial charge in [-0.3, -0.25) is 4.90 Å². The van der Waals surface area contributed by atoms with Crippen LogP contribution in [0.3, 0.4) is 0 Å². The van der Waals surface area contributed by atoms with Crippen molar-refractivity contribution in [3.63, 3.8) is 0 Å². The summed E-state index contributed by atoms with van der Waals surface area (Å²) >= 11 is 0. The summed E-state index contributed by atoms with van der Waals surface area (Å²) in [4.78, 5) is 5.06. The maximum Gasteiger partial charge on any atom is 0.0247 e. The van der Waals surface area contributed by atoms with Crippen molar-refractivity contribution in [2.45, 2.75) is 25.3 Å². The van der Waals surface area contributed by atoms with E-state index < -0.39 is 0 Å². The minimum absolute atomic E-state index is 0.682. The van der Waals surface area contributed by atoms with Crippen molar-refractivity contribution in [1.82, 2.24) is 9.80 Å². The van der Waals surface area contributed by atoms with Crippen molar-refractivity contribution in [3.05, 3.63) is 0 Å². The van der Waals surface area contributed by atoms with E-state index >= 15 is 0 Å². The van der Waals surface area contributed by atoms with E-state index in [0.29, 0.717) is 6.04 Å². The van der Waals surface area contributed by atoms with Gasteiger partial charge in [0.25, 0.3) is 0 Å². The third kappa shape index (κ3) is 2.47. The van der Waals surface area contributed by atoms with E-state index in [4.69, 9.17) is 5.73 Å². The van der Waals surface area contributed by atoms with Crippen molar-refractivity contribution >= 4 is 0 Å². The zero-order chi connectivity index (χ0) is 9.97. The van der Waals surface area contributed by atoms with E-state index in [1.54, 1.807) is 0 Å². The molecule has 1 heterocycles. The highest BCUT2D eigenvalue weighted by molar-refractivity contribution is 4.89. The monoisotopic (exact) mass is 197 g/mol. The van der Waals surface area contributed by atoms with Crippen LogP contribution in [0.2, 0.25) is 0 Å². The third-order valence-electron chi connectivity index (χ3n) is 3.63. The third-order valence-corrected chi connectivity index (χ3v) is 3.63. The minimum Gasteiger partial charge on any atom is -0.329 e. The van der Waals surface area contributed by atoms with E-state index in [9.17, 15) is 0 Å². The van der Waals surface area contributed by atoms with E-state index in [0.717, 1.165) is 12.5 Å². The van der Waals surface area contributed by atoms with Crippen LogP contribution in [0.25, 0.3) is 0 Å². The van der Waals surface area contributed by atoms with Gasteiger partial charge in [0.05, 0.1) is 0 Å². The molecule has 0 aromatic rings. The Morgan fingerprint density at radius 1 is 1.21 bits per heavy atom. The second kappa shape index (κ2) is 4.60. The Labute approximate surface area is 87.2 Å². The van der Waals surface area contributed by atoms with Gasteiger partial charge in [-0.1, -0.05) is 0 Å². The molecule has 1 unspecified atom stereocenters. The molecule has 0 spiro atoms. The molecule has 1 aliphatic carbocycles. The van der Waals surface area contributed by atoms with Crippen LogP contribution in [0.15, 0.2) is 0 Å². The molecule has 1 saturated carbocycles. The van der Waals surface area contributed by atoms with Crippen LogP contribution in [0.1, 0.15) is 19.3 Å². The fourth-order valence-corrected chi connectivity index (χ4v) is 2.52. The van der Waals surface area contributed by atoms with E-state index in [1.165, 1.54) is 45.4 Å². The molecule has 0 aromatic heterocycles. The summed E-state index contributed by atoms with van der Waals surface area (Å²) in [5.41, 5.74) is 5.87. The van der Waals surface area contributed by atoms with Crippen molar-refractivity contribution < 1.29 is 0 Å². The fourth-order valence-electron chi connectivity index (χ4n) is 2.52. The van der Waals surface area contributed by atoms with E-state index in [2.05, 4.69) is 16.8 Å². The Kier molecular flexibility index (Phi) is 3.42. The van der Waals surface area contributed by atoms with Gasteiger partial charge in [-0.05, 0) is 45.3 Å². The minimum atomic E-state index is 0.682. The number of rotatable bonds is 3. The molecule has 2 rings (SSSR count). The Balaban J connectivity index is 1.87. The quantitative estimate of drug-likeness (QED) is 0.709. The average Bonchev–Trinajstić information content (AvgIpc) is 2.97. The van der Waals surface area contributed by atoms with Gasteiger partial charge in [0.2, 0.25) is 0 Å². The first kappa shape index (κ1) is 10.4. The smallest absolute Gasteiger partial charge is 0.0247 e. The number of nitrogens with two attached hydrogens (primary N) is 1. The Morgan fingerprint density at radius 3 is 2.64 bits per heavy atom. The van der Waals surface area contributed by atoms with Crippen LogP contribution in [0.4, 0.5) is 0 Å². The SMILES string of the molecule is CN1CCCN(C(CN)C2CC2)CC1. The highest BCUT2D eigenvalue weighted by atomic mass is 15.2. The van der Waals surface area contributed by atoms with Crippen LogP contribution < -0.4 is 5.73 Å². The standard InChI is InChI=1S/C11H23N3/c1-13-5-2-6-14(8-7-13)11(9-12)10-3-4-10/h10-11H,2-9,12H2,1H3. The van der Waals surface area contributed by atoms with Crippen LogP contribution in [0, 0.1) is 5.92 Å². The second-order valence-electron chi connectivity index (χ2n) is 4.83. The summed E-state index contributed by atoms with van der Waals surface area (Å²) < 4.78 is 0. The molecule has 0 radical (unpaired) electrons. The number of hydrogen-bond donors (Lipinski definition) is 1. The van der Waals surface area contributed by atoms with Crippen molar-refractivity contribution in [3.8, 4) is 0 Å². The molecule has 2 aliphatic rings. The zero-order valence-electron chi connectivity index (χ0n) is 9.28. The normalized spacial score (nSPS) is 28.7. The van der Waals surface area contributed by atoms with Gasteiger partial charge in [0, 0.05) is 25.7 Å². The number of hydrogen-bond acceptors (Lipinski definition) is 3. The van der Waals surface area contributed by atoms with Crippen molar-refractivity contribution in [2.24, 2.45) is 11.7 Å². The molecule has 14 heavy (non-hydrogen) atoms. The highest BCUT2D eigenvalue weighted by Gasteiger charge is 2.34. The Morgan fingerprint density at radius 2 is 2.00 bits per heavy atom. The highest BCUT2D eigenvalue weighted by Crippen LogP contribution is 2.35. The molecule has 1 atom stereocenters. The van der Waals surface area contributed by atoms with E-state index in [-0.39, 0.29) is 0 Å². The Hall–Kier alpha value is -0.120. The summed E-state index contributed by atoms with van der Waals surface area (Å²) in [7, 11) is 2.22. The lowest BCUT2D eigenvalue weighted by Crippen LogP contribution is -2.44. The maximum absolute atomic E-state index is 5.87. The molecule has 3 heteroatoms. The first-order valence-corrected chi connectivity index (χ1v) is 5.94. The van der Waals surface area contributed by atoms with Gasteiger partial charge in [-0.25, -0.2) is 0 Å². The van der Waals surface area contributed by atoms with Crippen LogP contribution in [-0.4, -0.2) is 55.6 Å². The number of likely N-dealkylation sites (N-methyl/N-ethyl adjacent to an activating group) is 1. The molecule has 1 aliphatic heterocycles. The maximum atomic E-state index is 5.87. The zero-order valence-corrected chi connectivity index (χ0v) is 9.28. The summed E-state index contributed by atoms with van der Waals surface area (Å²) in [6, 6.07) is 0.682. The van der Waals surface area contributed by atoms with Crippen LogP contribution in [-0.2, 0) is 0 Å². The molecule has 1 saturated heterocycles. The molecular weight excluding hydrogens is 174 g/mol.